The number of rotatable bonds is 3. The van der Waals surface area contributed by atoms with Crippen LogP contribution in [0.5, 0.6) is 0 Å². The van der Waals surface area contributed by atoms with Crippen molar-refractivity contribution in [3.8, 4) is 0 Å². The van der Waals surface area contributed by atoms with Crippen molar-refractivity contribution < 1.29 is 13.7 Å². The van der Waals surface area contributed by atoms with Gasteiger partial charge in [0.25, 0.3) is 5.91 Å². The molecule has 2 aromatic heterocycles. The van der Waals surface area contributed by atoms with E-state index in [0.717, 1.165) is 22.0 Å². The molecule has 0 bridgehead atoms. The van der Waals surface area contributed by atoms with Crippen molar-refractivity contribution in [2.24, 2.45) is 0 Å². The molecule has 0 saturated carbocycles. The summed E-state index contributed by atoms with van der Waals surface area (Å²) in [5, 5.41) is 5.94. The van der Waals surface area contributed by atoms with Crippen LogP contribution in [-0.4, -0.2) is 47.0 Å². The largest absolute Gasteiger partial charge is 0.422 e. The number of benzene rings is 2. The summed E-state index contributed by atoms with van der Waals surface area (Å²) in [7, 11) is 0. The van der Waals surface area contributed by atoms with Crippen molar-refractivity contribution in [3.63, 3.8) is 0 Å². The minimum absolute atomic E-state index is 0.0830. The zero-order chi connectivity index (χ0) is 19.8. The molecule has 1 fully saturated rings. The van der Waals surface area contributed by atoms with Crippen LogP contribution in [0.2, 0.25) is 0 Å². The van der Waals surface area contributed by atoms with E-state index >= 15 is 0 Å². The number of carbonyl (C=O) groups excluding carboxylic acids is 1. The zero-order valence-corrected chi connectivity index (χ0v) is 15.7. The van der Waals surface area contributed by atoms with Crippen LogP contribution in [-0.2, 0) is 6.54 Å². The fourth-order valence-corrected chi connectivity index (χ4v) is 3.75. The summed E-state index contributed by atoms with van der Waals surface area (Å²) in [5.74, 6) is -0.281. The van der Waals surface area contributed by atoms with Crippen LogP contribution in [0.25, 0.3) is 21.9 Å². The molecule has 1 amide bonds. The highest BCUT2D eigenvalue weighted by molar-refractivity contribution is 5.96. The van der Waals surface area contributed by atoms with E-state index in [4.69, 9.17) is 8.94 Å². The number of aromatic nitrogens is 1. The molecular weight excluding hydrogens is 370 g/mol. The lowest BCUT2D eigenvalue weighted by molar-refractivity contribution is 0.0622. The molecule has 0 radical (unpaired) electrons. The van der Waals surface area contributed by atoms with Gasteiger partial charge in [-0.25, -0.2) is 4.79 Å². The standard InChI is InChI=1S/C22H19N3O4/c26-21(17-13-15-5-1-3-7-19(15)28-22(17)27)25-11-9-24(10-12-25)14-18-16-6-2-4-8-20(16)29-23-18/h1-8,13H,9-12,14H2. The van der Waals surface area contributed by atoms with Crippen LogP contribution in [0.1, 0.15) is 16.1 Å². The van der Waals surface area contributed by atoms with E-state index < -0.39 is 5.63 Å². The van der Waals surface area contributed by atoms with Crippen molar-refractivity contribution >= 4 is 27.8 Å². The summed E-state index contributed by atoms with van der Waals surface area (Å²) in [6, 6.07) is 16.6. The van der Waals surface area contributed by atoms with Crippen LogP contribution >= 0.6 is 0 Å². The molecule has 4 aromatic rings. The molecule has 5 rings (SSSR count). The van der Waals surface area contributed by atoms with E-state index in [-0.39, 0.29) is 11.5 Å². The van der Waals surface area contributed by atoms with E-state index in [0.29, 0.717) is 38.3 Å². The van der Waals surface area contributed by atoms with Gasteiger partial charge in [0.15, 0.2) is 5.58 Å². The molecule has 29 heavy (non-hydrogen) atoms. The van der Waals surface area contributed by atoms with Gasteiger partial charge in [0.05, 0.1) is 0 Å². The number of hydrogen-bond donors (Lipinski definition) is 0. The Bertz CT molecular complexity index is 1250. The van der Waals surface area contributed by atoms with Gasteiger partial charge in [-0.3, -0.25) is 9.69 Å². The molecule has 0 N–H and O–H groups in total. The minimum atomic E-state index is -0.592. The third-order valence-corrected chi connectivity index (χ3v) is 5.36. The minimum Gasteiger partial charge on any atom is -0.422 e. The molecule has 7 heteroatoms. The number of piperazine rings is 1. The van der Waals surface area contributed by atoms with E-state index in [1.54, 1.807) is 23.1 Å². The van der Waals surface area contributed by atoms with Gasteiger partial charge in [0.1, 0.15) is 16.8 Å². The maximum Gasteiger partial charge on any atom is 0.349 e. The first-order valence-electron chi connectivity index (χ1n) is 9.57. The Morgan fingerprint density at radius 2 is 1.69 bits per heavy atom. The molecule has 1 aliphatic heterocycles. The predicted molar refractivity (Wildman–Crippen MR) is 108 cm³/mol. The lowest BCUT2D eigenvalue weighted by Crippen LogP contribution is -2.49. The second-order valence-corrected chi connectivity index (χ2v) is 7.18. The number of fused-ring (bicyclic) bond motifs is 2. The molecule has 0 atom stereocenters. The van der Waals surface area contributed by atoms with Gasteiger partial charge >= 0.3 is 5.63 Å². The molecule has 0 aliphatic carbocycles. The van der Waals surface area contributed by atoms with E-state index in [9.17, 15) is 9.59 Å². The Morgan fingerprint density at radius 3 is 2.52 bits per heavy atom. The van der Waals surface area contributed by atoms with Crippen molar-refractivity contribution in [1.82, 2.24) is 15.0 Å². The van der Waals surface area contributed by atoms with Gasteiger partial charge in [-0.15, -0.1) is 0 Å². The first-order valence-corrected chi connectivity index (χ1v) is 9.57. The maximum absolute atomic E-state index is 12.9. The number of amides is 1. The van der Waals surface area contributed by atoms with Gasteiger partial charge < -0.3 is 13.8 Å². The number of carbonyl (C=O) groups is 1. The second-order valence-electron chi connectivity index (χ2n) is 7.18. The van der Waals surface area contributed by atoms with Gasteiger partial charge in [0, 0.05) is 43.5 Å². The average Bonchev–Trinajstić information content (AvgIpc) is 3.16. The van der Waals surface area contributed by atoms with E-state index in [1.807, 2.05) is 36.4 Å². The summed E-state index contributed by atoms with van der Waals surface area (Å²) in [5.41, 5.74) is 1.65. The molecule has 0 unspecified atom stereocenters. The fourth-order valence-electron chi connectivity index (χ4n) is 3.75. The summed E-state index contributed by atoms with van der Waals surface area (Å²) in [6.07, 6.45) is 0. The quantitative estimate of drug-likeness (QED) is 0.501. The van der Waals surface area contributed by atoms with Crippen molar-refractivity contribution in [2.45, 2.75) is 6.54 Å². The normalized spacial score (nSPS) is 15.2. The van der Waals surface area contributed by atoms with E-state index in [1.165, 1.54) is 0 Å². The van der Waals surface area contributed by atoms with Crippen LogP contribution in [0, 0.1) is 0 Å². The molecule has 3 heterocycles. The Morgan fingerprint density at radius 1 is 0.966 bits per heavy atom. The molecule has 2 aromatic carbocycles. The maximum atomic E-state index is 12.9. The molecule has 7 nitrogen and oxygen atoms in total. The van der Waals surface area contributed by atoms with Gasteiger partial charge in [0.2, 0.25) is 0 Å². The SMILES string of the molecule is O=C(c1cc2ccccc2oc1=O)N1CCN(Cc2noc3ccccc23)CC1. The van der Waals surface area contributed by atoms with Crippen LogP contribution in [0.4, 0.5) is 0 Å². The van der Waals surface area contributed by atoms with E-state index in [2.05, 4.69) is 10.1 Å². The lowest BCUT2D eigenvalue weighted by atomic mass is 10.1. The third-order valence-electron chi connectivity index (χ3n) is 5.36. The summed E-state index contributed by atoms with van der Waals surface area (Å²) < 4.78 is 10.7. The highest BCUT2D eigenvalue weighted by Gasteiger charge is 2.25. The Kier molecular flexibility index (Phi) is 4.37. The predicted octanol–water partition coefficient (Wildman–Crippen LogP) is 2.89. The lowest BCUT2D eigenvalue weighted by Gasteiger charge is -2.34. The molecule has 1 saturated heterocycles. The van der Waals surface area contributed by atoms with Crippen molar-refractivity contribution in [1.29, 1.82) is 0 Å². The summed E-state index contributed by atoms with van der Waals surface area (Å²) >= 11 is 0. The van der Waals surface area contributed by atoms with Crippen LogP contribution in [0.3, 0.4) is 0 Å². The summed E-state index contributed by atoms with van der Waals surface area (Å²) in [4.78, 5) is 29.1. The van der Waals surface area contributed by atoms with Crippen LogP contribution < -0.4 is 5.63 Å². The van der Waals surface area contributed by atoms with Gasteiger partial charge in [-0.05, 0) is 24.3 Å². The van der Waals surface area contributed by atoms with Gasteiger partial charge in [-0.1, -0.05) is 35.5 Å². The smallest absolute Gasteiger partial charge is 0.349 e. The van der Waals surface area contributed by atoms with Crippen LogP contribution in [0.15, 0.2) is 68.3 Å². The number of hydrogen-bond acceptors (Lipinski definition) is 6. The first-order chi connectivity index (χ1) is 14.2. The average molecular weight is 389 g/mol. The Labute approximate surface area is 166 Å². The molecular formula is C22H19N3O4. The second kappa shape index (κ2) is 7.18. The monoisotopic (exact) mass is 389 g/mol. The van der Waals surface area contributed by atoms with Gasteiger partial charge in [-0.2, -0.15) is 0 Å². The third kappa shape index (κ3) is 3.30. The first kappa shape index (κ1) is 17.6. The fraction of sp³-hybridized carbons (Fsp3) is 0.227. The molecule has 1 aliphatic rings. The van der Waals surface area contributed by atoms with Crippen molar-refractivity contribution in [2.75, 3.05) is 26.2 Å². The van der Waals surface area contributed by atoms with Crippen molar-refractivity contribution in [3.05, 3.63) is 76.3 Å². The highest BCUT2D eigenvalue weighted by Crippen LogP contribution is 2.20. The Hall–Kier alpha value is -3.45. The Balaban J connectivity index is 1.28. The molecule has 146 valence electrons. The number of nitrogens with zero attached hydrogens (tertiary/aromatic N) is 3. The molecule has 0 spiro atoms. The zero-order valence-electron chi connectivity index (χ0n) is 15.7. The topological polar surface area (TPSA) is 79.8 Å². The summed E-state index contributed by atoms with van der Waals surface area (Å²) in [6.45, 7) is 3.15. The number of para-hydroxylation sites is 2. The highest BCUT2D eigenvalue weighted by atomic mass is 16.5.